The Labute approximate surface area is 121 Å². The van der Waals surface area contributed by atoms with Crippen LogP contribution in [0.2, 0.25) is 0 Å². The highest BCUT2D eigenvalue weighted by molar-refractivity contribution is 9.10. The number of hydrogen-bond donors (Lipinski definition) is 0. The smallest absolute Gasteiger partial charge is 0.229 e. The van der Waals surface area contributed by atoms with Gasteiger partial charge in [0, 0.05) is 19.4 Å². The van der Waals surface area contributed by atoms with Crippen LogP contribution in [0, 0.1) is 0 Å². The van der Waals surface area contributed by atoms with Gasteiger partial charge in [-0.2, -0.15) is 5.10 Å². The zero-order valence-electron chi connectivity index (χ0n) is 11.3. The summed E-state index contributed by atoms with van der Waals surface area (Å²) in [6.07, 6.45) is 2.42. The number of rotatable bonds is 4. The fraction of sp³-hybridized carbons (Fsp3) is 0.615. The molecule has 19 heavy (non-hydrogen) atoms. The summed E-state index contributed by atoms with van der Waals surface area (Å²) in [5, 5.41) is 4.48. The molecule has 0 unspecified atom stereocenters. The molecule has 1 fully saturated rings. The van der Waals surface area contributed by atoms with E-state index in [-0.39, 0.29) is 11.8 Å². The van der Waals surface area contributed by atoms with E-state index in [1.807, 2.05) is 18.5 Å². The molecule has 5 nitrogen and oxygen atoms in total. The fourth-order valence-corrected chi connectivity index (χ4v) is 2.98. The summed E-state index contributed by atoms with van der Waals surface area (Å²) in [7, 11) is 0. The third kappa shape index (κ3) is 2.73. The van der Waals surface area contributed by atoms with Crippen molar-refractivity contribution in [3.8, 4) is 0 Å². The Balaban J connectivity index is 2.29. The lowest BCUT2D eigenvalue weighted by Crippen LogP contribution is -2.40. The lowest BCUT2D eigenvalue weighted by molar-refractivity contribution is -0.148. The predicted octanol–water partition coefficient (Wildman–Crippen LogP) is 2.27. The Hall–Kier alpha value is -1.17. The van der Waals surface area contributed by atoms with Crippen LogP contribution < -0.4 is 0 Å². The average Bonchev–Trinajstić information content (AvgIpc) is 2.70. The maximum absolute atomic E-state index is 11.9. The van der Waals surface area contributed by atoms with Crippen molar-refractivity contribution in [2.24, 2.45) is 0 Å². The molecule has 0 aliphatic carbocycles. The summed E-state index contributed by atoms with van der Waals surface area (Å²) >= 11 is 3.54. The van der Waals surface area contributed by atoms with Crippen LogP contribution in [0.1, 0.15) is 44.5 Å². The van der Waals surface area contributed by atoms with E-state index in [9.17, 15) is 9.59 Å². The average molecular weight is 328 g/mol. The Kier molecular flexibility index (Phi) is 4.39. The number of aromatic nitrogens is 2. The van der Waals surface area contributed by atoms with Crippen LogP contribution in [0.4, 0.5) is 0 Å². The quantitative estimate of drug-likeness (QED) is 0.797. The monoisotopic (exact) mass is 327 g/mol. The Bertz CT molecular complexity index is 494. The van der Waals surface area contributed by atoms with Gasteiger partial charge in [0.1, 0.15) is 0 Å². The van der Waals surface area contributed by atoms with Crippen LogP contribution in [0.15, 0.2) is 4.47 Å². The first-order valence-electron chi connectivity index (χ1n) is 6.65. The molecule has 0 radical (unpaired) electrons. The van der Waals surface area contributed by atoms with Gasteiger partial charge < -0.3 is 0 Å². The molecule has 104 valence electrons. The van der Waals surface area contributed by atoms with Crippen molar-refractivity contribution in [1.82, 2.24) is 14.7 Å². The molecule has 6 heteroatoms. The third-order valence-corrected chi connectivity index (χ3v) is 4.30. The molecular formula is C13H18BrN3O2. The van der Waals surface area contributed by atoms with Gasteiger partial charge in [0.05, 0.1) is 22.4 Å². The molecule has 0 saturated carbocycles. The highest BCUT2D eigenvalue weighted by Crippen LogP contribution is 2.25. The molecule has 2 heterocycles. The summed E-state index contributed by atoms with van der Waals surface area (Å²) in [6, 6.07) is 0. The molecule has 0 N–H and O–H groups in total. The summed E-state index contributed by atoms with van der Waals surface area (Å²) < 4.78 is 2.78. The van der Waals surface area contributed by atoms with Gasteiger partial charge in [0.2, 0.25) is 11.8 Å². The predicted molar refractivity (Wildman–Crippen MR) is 74.4 cm³/mol. The third-order valence-electron chi connectivity index (χ3n) is 3.39. The zero-order valence-corrected chi connectivity index (χ0v) is 12.9. The molecule has 1 aliphatic heterocycles. The lowest BCUT2D eigenvalue weighted by atomic mass is 10.1. The van der Waals surface area contributed by atoms with Gasteiger partial charge in [0.25, 0.3) is 0 Å². The van der Waals surface area contributed by atoms with Gasteiger partial charge in [-0.15, -0.1) is 0 Å². The number of imide groups is 1. The number of hydrogen-bond acceptors (Lipinski definition) is 3. The van der Waals surface area contributed by atoms with Gasteiger partial charge in [0.15, 0.2) is 0 Å². The molecule has 0 atom stereocenters. The number of amides is 2. The minimum Gasteiger partial charge on any atom is -0.277 e. The van der Waals surface area contributed by atoms with E-state index in [4.69, 9.17) is 0 Å². The van der Waals surface area contributed by atoms with Crippen molar-refractivity contribution >= 4 is 27.7 Å². The molecule has 0 aromatic carbocycles. The van der Waals surface area contributed by atoms with Crippen molar-refractivity contribution < 1.29 is 9.59 Å². The van der Waals surface area contributed by atoms with Gasteiger partial charge >= 0.3 is 0 Å². The first kappa shape index (κ1) is 14.2. The number of carbonyl (C=O) groups is 2. The van der Waals surface area contributed by atoms with Crippen molar-refractivity contribution in [3.63, 3.8) is 0 Å². The first-order valence-corrected chi connectivity index (χ1v) is 7.45. The van der Waals surface area contributed by atoms with Crippen molar-refractivity contribution in [3.05, 3.63) is 15.9 Å². The standard InChI is InChI=1S/C13H18BrN3O2/c1-3-9-13(14)10(17(4-2)15-9)8-16-11(18)6-5-7-12(16)19/h3-8H2,1-2H3. The highest BCUT2D eigenvalue weighted by atomic mass is 79.9. The van der Waals surface area contributed by atoms with E-state index in [0.29, 0.717) is 25.8 Å². The van der Waals surface area contributed by atoms with Gasteiger partial charge in [-0.3, -0.25) is 19.2 Å². The molecule has 1 aliphatic rings. The lowest BCUT2D eigenvalue weighted by Gasteiger charge is -2.25. The number of nitrogens with zero attached hydrogens (tertiary/aromatic N) is 3. The number of likely N-dealkylation sites (tertiary alicyclic amines) is 1. The van der Waals surface area contributed by atoms with Crippen LogP contribution in [-0.4, -0.2) is 26.5 Å². The minimum absolute atomic E-state index is 0.0787. The summed E-state index contributed by atoms with van der Waals surface area (Å²) in [6.45, 7) is 5.08. The second kappa shape index (κ2) is 5.86. The minimum atomic E-state index is -0.0787. The van der Waals surface area contributed by atoms with E-state index in [2.05, 4.69) is 21.0 Å². The number of halogens is 1. The van der Waals surface area contributed by atoms with E-state index >= 15 is 0 Å². The van der Waals surface area contributed by atoms with Crippen LogP contribution in [-0.2, 0) is 29.1 Å². The first-order chi connectivity index (χ1) is 9.08. The maximum atomic E-state index is 11.9. The van der Waals surface area contributed by atoms with Crippen LogP contribution >= 0.6 is 15.9 Å². The van der Waals surface area contributed by atoms with Gasteiger partial charge in [-0.1, -0.05) is 6.92 Å². The number of carbonyl (C=O) groups excluding carboxylic acids is 2. The summed E-state index contributed by atoms with van der Waals surface area (Å²) in [4.78, 5) is 25.1. The van der Waals surface area contributed by atoms with E-state index in [1.165, 1.54) is 4.90 Å². The Morgan fingerprint density at radius 1 is 1.21 bits per heavy atom. The Morgan fingerprint density at radius 2 is 1.84 bits per heavy atom. The van der Waals surface area contributed by atoms with E-state index < -0.39 is 0 Å². The van der Waals surface area contributed by atoms with Crippen molar-refractivity contribution in [2.75, 3.05) is 0 Å². The highest BCUT2D eigenvalue weighted by Gasteiger charge is 2.28. The van der Waals surface area contributed by atoms with E-state index in [0.717, 1.165) is 28.8 Å². The summed E-state index contributed by atoms with van der Waals surface area (Å²) in [5.74, 6) is -0.157. The van der Waals surface area contributed by atoms with Crippen molar-refractivity contribution in [1.29, 1.82) is 0 Å². The zero-order chi connectivity index (χ0) is 14.0. The molecule has 0 bridgehead atoms. The largest absolute Gasteiger partial charge is 0.277 e. The molecule has 1 saturated heterocycles. The van der Waals surface area contributed by atoms with Crippen LogP contribution in [0.25, 0.3) is 0 Å². The normalized spacial score (nSPS) is 16.3. The van der Waals surface area contributed by atoms with Gasteiger partial charge in [-0.05, 0) is 35.7 Å². The number of piperidine rings is 1. The SMILES string of the molecule is CCc1nn(CC)c(CN2C(=O)CCCC2=O)c1Br. The topological polar surface area (TPSA) is 55.2 Å². The summed E-state index contributed by atoms with van der Waals surface area (Å²) in [5.41, 5.74) is 1.87. The van der Waals surface area contributed by atoms with Crippen molar-refractivity contribution in [2.45, 2.75) is 52.6 Å². The van der Waals surface area contributed by atoms with E-state index in [1.54, 1.807) is 0 Å². The second-order valence-electron chi connectivity index (χ2n) is 4.60. The molecule has 0 spiro atoms. The van der Waals surface area contributed by atoms with Gasteiger partial charge in [-0.25, -0.2) is 0 Å². The Morgan fingerprint density at radius 3 is 2.37 bits per heavy atom. The fourth-order valence-electron chi connectivity index (χ4n) is 2.29. The molecule has 1 aromatic rings. The number of aryl methyl sites for hydroxylation is 2. The molecule has 2 amide bonds. The maximum Gasteiger partial charge on any atom is 0.229 e. The second-order valence-corrected chi connectivity index (χ2v) is 5.40. The molecule has 1 aromatic heterocycles. The molecular weight excluding hydrogens is 310 g/mol. The van der Waals surface area contributed by atoms with Crippen LogP contribution in [0.3, 0.4) is 0 Å². The van der Waals surface area contributed by atoms with Crippen LogP contribution in [0.5, 0.6) is 0 Å². The molecule has 2 rings (SSSR count).